The minimum atomic E-state index is -0.240. The van der Waals surface area contributed by atoms with Gasteiger partial charge in [-0.25, -0.2) is 0 Å². The summed E-state index contributed by atoms with van der Waals surface area (Å²) in [6.45, 7) is 15.2. The number of carbonyl (C=O) groups is 1. The molecule has 1 radical (unpaired) electrons. The molecule has 2 aromatic rings. The maximum Gasteiger partial charge on any atom is 0.255 e. The van der Waals surface area contributed by atoms with Gasteiger partial charge in [0.05, 0.1) is 5.56 Å². The van der Waals surface area contributed by atoms with E-state index in [0.717, 1.165) is 11.1 Å². The summed E-state index contributed by atoms with van der Waals surface area (Å²) in [6.07, 6.45) is 0. The summed E-state index contributed by atoms with van der Waals surface area (Å²) in [4.78, 5) is 11.2. The van der Waals surface area contributed by atoms with E-state index in [9.17, 15) is 15.0 Å². The number of carbonyl (C=O) groups excluding carboxylic acids is 1. The molecule has 0 spiro atoms. The number of amides is 1. The predicted octanol–water partition coefficient (Wildman–Crippen LogP) is 5.68. The van der Waals surface area contributed by atoms with Crippen molar-refractivity contribution in [2.75, 3.05) is 6.54 Å². The molecule has 4 N–H and O–H groups in total. The zero-order valence-corrected chi connectivity index (χ0v) is 20.2. The molecule has 2 aromatic carbocycles. The summed E-state index contributed by atoms with van der Waals surface area (Å²) in [5.41, 5.74) is 10.6. The van der Waals surface area contributed by atoms with Gasteiger partial charge in [0.2, 0.25) is 0 Å². The Kier molecular flexibility index (Phi) is 10.6. The van der Waals surface area contributed by atoms with Crippen molar-refractivity contribution in [3.8, 4) is 11.5 Å². The topological polar surface area (TPSA) is 93.4 Å². The largest absolute Gasteiger partial charge is 0.674 e. The van der Waals surface area contributed by atoms with Gasteiger partial charge in [-0.1, -0.05) is 65.8 Å². The summed E-state index contributed by atoms with van der Waals surface area (Å²) >= 11 is 0. The molecule has 0 bridgehead atoms. The van der Waals surface area contributed by atoms with Gasteiger partial charge in [-0.3, -0.25) is 4.79 Å². The monoisotopic (exact) mass is 454 g/mol. The fraction of sp³-hybridized carbons (Fsp3) is 0.458. The molecule has 0 saturated heterocycles. The van der Waals surface area contributed by atoms with E-state index in [-0.39, 0.29) is 46.1 Å². The molecule has 0 aromatic heterocycles. The molecule has 30 heavy (non-hydrogen) atoms. The average Bonchev–Trinajstić information content (AvgIpc) is 2.61. The number of hydrogen-bond acceptors (Lipinski definition) is 3. The molecule has 0 fully saturated rings. The van der Waals surface area contributed by atoms with Crippen molar-refractivity contribution in [3.05, 3.63) is 64.4 Å². The van der Waals surface area contributed by atoms with Crippen LogP contribution in [0.15, 0.2) is 36.4 Å². The van der Waals surface area contributed by atoms with Crippen molar-refractivity contribution in [1.82, 2.24) is 5.32 Å². The van der Waals surface area contributed by atoms with E-state index >= 15 is 0 Å². The van der Waals surface area contributed by atoms with Gasteiger partial charge in [0.1, 0.15) is 11.5 Å². The van der Waals surface area contributed by atoms with E-state index in [1.807, 2.05) is 13.0 Å². The molecule has 0 aliphatic rings. The number of phenols is 2. The van der Waals surface area contributed by atoms with Crippen molar-refractivity contribution >= 4 is 5.91 Å². The fourth-order valence-corrected chi connectivity index (χ4v) is 2.76. The Balaban J connectivity index is 0.000000573. The second-order valence-corrected chi connectivity index (χ2v) is 9.08. The van der Waals surface area contributed by atoms with Crippen LogP contribution in [0.2, 0.25) is 0 Å². The average molecular weight is 454 g/mol. The van der Waals surface area contributed by atoms with Crippen LogP contribution in [-0.2, 0) is 34.4 Å². The third-order valence-electron chi connectivity index (χ3n) is 4.54. The fourth-order valence-electron chi connectivity index (χ4n) is 2.76. The molecule has 2 rings (SSSR count). The molecular formula is C24H35MnN2O3-. The Hall–Kier alpha value is -2.01. The van der Waals surface area contributed by atoms with Crippen LogP contribution < -0.4 is 5.32 Å². The summed E-state index contributed by atoms with van der Waals surface area (Å²) in [5, 5.41) is 22.0. The van der Waals surface area contributed by atoms with Crippen LogP contribution in [0.5, 0.6) is 11.5 Å². The second-order valence-electron chi connectivity index (χ2n) is 9.08. The van der Waals surface area contributed by atoms with Crippen LogP contribution in [0.25, 0.3) is 5.73 Å². The molecular weight excluding hydrogens is 419 g/mol. The molecule has 6 heteroatoms. The van der Waals surface area contributed by atoms with Crippen molar-refractivity contribution < 1.29 is 32.1 Å². The summed E-state index contributed by atoms with van der Waals surface area (Å²) in [6, 6.07) is 10.5. The van der Waals surface area contributed by atoms with Crippen LogP contribution in [-0.4, -0.2) is 22.7 Å². The Morgan fingerprint density at radius 2 is 1.57 bits per heavy atom. The molecule has 0 aliphatic carbocycles. The Labute approximate surface area is 191 Å². The van der Waals surface area contributed by atoms with Gasteiger partial charge in [0, 0.05) is 23.6 Å². The first-order valence-corrected chi connectivity index (χ1v) is 9.90. The van der Waals surface area contributed by atoms with Gasteiger partial charge >= 0.3 is 0 Å². The van der Waals surface area contributed by atoms with E-state index in [1.54, 1.807) is 18.2 Å². The van der Waals surface area contributed by atoms with Crippen molar-refractivity contribution in [2.24, 2.45) is 0 Å². The van der Waals surface area contributed by atoms with Gasteiger partial charge in [0.15, 0.2) is 0 Å². The molecule has 0 heterocycles. The molecule has 167 valence electrons. The van der Waals surface area contributed by atoms with Gasteiger partial charge in [-0.05, 0) is 46.6 Å². The maximum absolute atomic E-state index is 11.2. The Bertz CT molecular complexity index is 837. The molecule has 0 saturated carbocycles. The third kappa shape index (κ3) is 7.67. The van der Waals surface area contributed by atoms with Crippen molar-refractivity contribution in [2.45, 2.75) is 65.8 Å². The van der Waals surface area contributed by atoms with E-state index < -0.39 is 0 Å². The number of para-hydroxylation sites is 1. The smallest absolute Gasteiger partial charge is 0.255 e. The first-order chi connectivity index (χ1) is 13.3. The van der Waals surface area contributed by atoms with E-state index in [1.165, 1.54) is 11.6 Å². The molecule has 0 unspecified atom stereocenters. The van der Waals surface area contributed by atoms with Gasteiger partial charge in [0.25, 0.3) is 5.91 Å². The SMILES string of the molecule is CC(C)(C)c1cc(C[NH-])c(O)c(C(C)(C)C)c1.CCNC(=O)c1ccccc1O.[Mn]. The number of phenolic OH excluding ortho intramolecular Hbond substituents is 2. The number of aromatic hydroxyl groups is 2. The van der Waals surface area contributed by atoms with Crippen LogP contribution in [0.3, 0.4) is 0 Å². The van der Waals surface area contributed by atoms with Gasteiger partial charge in [-0.2, -0.15) is 0 Å². The van der Waals surface area contributed by atoms with E-state index in [2.05, 4.69) is 52.9 Å². The second kappa shape index (κ2) is 11.4. The Morgan fingerprint density at radius 1 is 1.00 bits per heavy atom. The summed E-state index contributed by atoms with van der Waals surface area (Å²) in [5.74, 6) is 0.0690. The van der Waals surface area contributed by atoms with Gasteiger partial charge < -0.3 is 21.3 Å². The minimum absolute atomic E-state index is 0. The van der Waals surface area contributed by atoms with Crippen LogP contribution in [0, 0.1) is 0 Å². The minimum Gasteiger partial charge on any atom is -0.674 e. The number of rotatable bonds is 3. The summed E-state index contributed by atoms with van der Waals surface area (Å²) in [7, 11) is 0. The number of nitrogens with one attached hydrogen (secondary N) is 2. The molecule has 0 atom stereocenters. The van der Waals surface area contributed by atoms with Crippen LogP contribution >= 0.6 is 0 Å². The molecule has 1 amide bonds. The summed E-state index contributed by atoms with van der Waals surface area (Å²) < 4.78 is 0. The van der Waals surface area contributed by atoms with Crippen molar-refractivity contribution in [3.63, 3.8) is 0 Å². The zero-order valence-electron chi connectivity index (χ0n) is 19.1. The third-order valence-corrected chi connectivity index (χ3v) is 4.54. The Morgan fingerprint density at radius 3 is 2.00 bits per heavy atom. The van der Waals surface area contributed by atoms with E-state index in [4.69, 9.17) is 5.73 Å². The normalized spacial score (nSPS) is 11.1. The first-order valence-electron chi connectivity index (χ1n) is 9.90. The number of benzene rings is 2. The maximum atomic E-state index is 11.2. The van der Waals surface area contributed by atoms with Gasteiger partial charge in [-0.15, -0.1) is 6.54 Å². The standard InChI is InChI=1S/C15H24NO.C9H11NO2.Mn/c1-14(2,3)11-7-10(9-16)13(17)12(8-11)15(4,5)6;1-2-10-9(12)7-5-3-4-6-8(7)11;/h7-8,16-17H,9H2,1-6H3;3-6,11H,2H2,1H3,(H,10,12);/q-1;;. The van der Waals surface area contributed by atoms with E-state index in [0.29, 0.717) is 17.9 Å². The molecule has 0 aliphatic heterocycles. The van der Waals surface area contributed by atoms with Crippen LogP contribution in [0.4, 0.5) is 0 Å². The molecule has 5 nitrogen and oxygen atoms in total. The predicted molar refractivity (Wildman–Crippen MR) is 120 cm³/mol. The van der Waals surface area contributed by atoms with Crippen molar-refractivity contribution in [1.29, 1.82) is 0 Å². The van der Waals surface area contributed by atoms with Crippen LogP contribution in [0.1, 0.15) is 75.5 Å². The zero-order chi connectivity index (χ0) is 22.4. The quantitative estimate of drug-likeness (QED) is 0.521. The first kappa shape index (κ1) is 28.0. The number of hydrogen-bond donors (Lipinski definition) is 3.